The van der Waals surface area contributed by atoms with Crippen molar-refractivity contribution in [3.8, 4) is 0 Å². The minimum atomic E-state index is 0.888. The molecule has 0 amide bonds. The number of aromatic nitrogens is 2. The van der Waals surface area contributed by atoms with Crippen molar-refractivity contribution in [2.75, 3.05) is 74.1 Å². The zero-order valence-electron chi connectivity index (χ0n) is 15.8. The van der Waals surface area contributed by atoms with Gasteiger partial charge in [0, 0.05) is 69.8 Å². The third kappa shape index (κ3) is 3.75. The fraction of sp³-hybridized carbons (Fsp3) is 0.500. The van der Waals surface area contributed by atoms with Gasteiger partial charge in [-0.15, -0.1) is 0 Å². The average Bonchev–Trinajstić information content (AvgIpc) is 2.69. The van der Waals surface area contributed by atoms with Gasteiger partial charge in [-0.1, -0.05) is 18.2 Å². The molecule has 4 rings (SSSR count). The smallest absolute Gasteiger partial charge is 0.227 e. The molecule has 3 heterocycles. The summed E-state index contributed by atoms with van der Waals surface area (Å²) in [4.78, 5) is 19.1. The van der Waals surface area contributed by atoms with Crippen LogP contribution in [0, 0.1) is 6.92 Å². The number of likely N-dealkylation sites (N-methyl/N-ethyl adjacent to an activating group) is 1. The first-order valence-corrected chi connectivity index (χ1v) is 9.53. The molecule has 1 aromatic heterocycles. The van der Waals surface area contributed by atoms with E-state index in [2.05, 4.69) is 70.0 Å². The minimum Gasteiger partial charge on any atom is -0.368 e. The standard InChI is InChI=1S/C20H28N6/c1-17-16-19(22-20(21-17)26-10-8-23(2)9-11-26)25-14-12-24(13-15-25)18-6-4-3-5-7-18/h3-7,16H,8-15H2,1-2H3. The van der Waals surface area contributed by atoms with Crippen molar-refractivity contribution >= 4 is 17.5 Å². The highest BCUT2D eigenvalue weighted by Crippen LogP contribution is 2.22. The van der Waals surface area contributed by atoms with Crippen LogP contribution in [0.2, 0.25) is 0 Å². The highest BCUT2D eigenvalue weighted by Gasteiger charge is 2.21. The van der Waals surface area contributed by atoms with Gasteiger partial charge in [-0.3, -0.25) is 0 Å². The van der Waals surface area contributed by atoms with Crippen LogP contribution < -0.4 is 14.7 Å². The molecule has 6 heteroatoms. The summed E-state index contributed by atoms with van der Waals surface area (Å²) in [6.45, 7) is 10.3. The van der Waals surface area contributed by atoms with E-state index in [4.69, 9.17) is 9.97 Å². The maximum absolute atomic E-state index is 4.91. The maximum Gasteiger partial charge on any atom is 0.227 e. The number of rotatable bonds is 3. The Hall–Kier alpha value is -2.34. The summed E-state index contributed by atoms with van der Waals surface area (Å²) in [6.07, 6.45) is 0. The Bertz CT molecular complexity index is 718. The average molecular weight is 352 g/mol. The third-order valence-corrected chi connectivity index (χ3v) is 5.34. The van der Waals surface area contributed by atoms with E-state index in [1.165, 1.54) is 5.69 Å². The van der Waals surface area contributed by atoms with E-state index in [9.17, 15) is 0 Å². The molecule has 1 aromatic carbocycles. The Balaban J connectivity index is 1.45. The molecule has 138 valence electrons. The zero-order chi connectivity index (χ0) is 17.9. The number of nitrogens with zero attached hydrogens (tertiary/aromatic N) is 6. The van der Waals surface area contributed by atoms with Gasteiger partial charge in [0.1, 0.15) is 5.82 Å². The van der Waals surface area contributed by atoms with Crippen molar-refractivity contribution in [3.63, 3.8) is 0 Å². The van der Waals surface area contributed by atoms with Gasteiger partial charge < -0.3 is 19.6 Å². The van der Waals surface area contributed by atoms with Gasteiger partial charge >= 0.3 is 0 Å². The highest BCUT2D eigenvalue weighted by atomic mass is 15.3. The Kier molecular flexibility index (Phi) is 4.93. The highest BCUT2D eigenvalue weighted by molar-refractivity contribution is 5.51. The minimum absolute atomic E-state index is 0.888. The van der Waals surface area contributed by atoms with Crippen LogP contribution in [-0.4, -0.2) is 74.3 Å². The summed E-state index contributed by atoms with van der Waals surface area (Å²) < 4.78 is 0. The van der Waals surface area contributed by atoms with Crippen molar-refractivity contribution in [2.24, 2.45) is 0 Å². The van der Waals surface area contributed by atoms with E-state index in [1.807, 2.05) is 0 Å². The first-order chi connectivity index (χ1) is 12.7. The molecular weight excluding hydrogens is 324 g/mol. The number of hydrogen-bond donors (Lipinski definition) is 0. The number of hydrogen-bond acceptors (Lipinski definition) is 6. The van der Waals surface area contributed by atoms with E-state index in [1.54, 1.807) is 0 Å². The number of benzene rings is 1. The molecule has 0 N–H and O–H groups in total. The SMILES string of the molecule is Cc1cc(N2CCN(c3ccccc3)CC2)nc(N2CCN(C)CC2)n1. The molecule has 2 aliphatic rings. The number of aryl methyl sites for hydroxylation is 1. The fourth-order valence-corrected chi connectivity index (χ4v) is 3.68. The van der Waals surface area contributed by atoms with Crippen LogP contribution in [0.25, 0.3) is 0 Å². The van der Waals surface area contributed by atoms with Crippen molar-refractivity contribution in [2.45, 2.75) is 6.92 Å². The van der Waals surface area contributed by atoms with E-state index in [0.717, 1.165) is 69.8 Å². The molecule has 0 spiro atoms. The van der Waals surface area contributed by atoms with E-state index >= 15 is 0 Å². The summed E-state index contributed by atoms with van der Waals surface area (Å²) in [7, 11) is 2.17. The van der Waals surface area contributed by atoms with Crippen LogP contribution in [0.1, 0.15) is 5.69 Å². The lowest BCUT2D eigenvalue weighted by atomic mass is 10.2. The zero-order valence-corrected chi connectivity index (χ0v) is 15.8. The van der Waals surface area contributed by atoms with Gasteiger partial charge in [0.25, 0.3) is 0 Å². The van der Waals surface area contributed by atoms with Crippen LogP contribution in [0.3, 0.4) is 0 Å². The second-order valence-corrected chi connectivity index (χ2v) is 7.27. The Morgan fingerprint density at radius 2 is 1.35 bits per heavy atom. The molecule has 0 bridgehead atoms. The molecule has 0 saturated carbocycles. The molecule has 2 fully saturated rings. The van der Waals surface area contributed by atoms with E-state index < -0.39 is 0 Å². The summed E-state index contributed by atoms with van der Waals surface area (Å²) in [5, 5.41) is 0. The molecule has 0 unspecified atom stereocenters. The number of piperazine rings is 2. The van der Waals surface area contributed by atoms with E-state index in [-0.39, 0.29) is 0 Å². The van der Waals surface area contributed by atoms with Crippen LogP contribution in [0.5, 0.6) is 0 Å². The van der Waals surface area contributed by atoms with Crippen LogP contribution in [-0.2, 0) is 0 Å². The van der Waals surface area contributed by atoms with Gasteiger partial charge in [0.15, 0.2) is 0 Å². The molecule has 2 saturated heterocycles. The summed E-state index contributed by atoms with van der Waals surface area (Å²) in [5.41, 5.74) is 2.36. The van der Waals surface area contributed by atoms with Crippen molar-refractivity contribution in [1.82, 2.24) is 14.9 Å². The Morgan fingerprint density at radius 3 is 2.04 bits per heavy atom. The molecule has 2 aromatic rings. The van der Waals surface area contributed by atoms with Gasteiger partial charge in [-0.25, -0.2) is 4.98 Å². The molecule has 0 atom stereocenters. The molecule has 26 heavy (non-hydrogen) atoms. The first kappa shape index (κ1) is 17.1. The molecule has 2 aliphatic heterocycles. The lowest BCUT2D eigenvalue weighted by Gasteiger charge is -2.37. The van der Waals surface area contributed by atoms with Gasteiger partial charge in [-0.05, 0) is 26.1 Å². The number of anilines is 3. The van der Waals surface area contributed by atoms with E-state index in [0.29, 0.717) is 0 Å². The third-order valence-electron chi connectivity index (χ3n) is 5.34. The summed E-state index contributed by atoms with van der Waals surface area (Å²) >= 11 is 0. The first-order valence-electron chi connectivity index (χ1n) is 9.53. The maximum atomic E-state index is 4.91. The van der Waals surface area contributed by atoms with Gasteiger partial charge in [0.2, 0.25) is 5.95 Å². The Morgan fingerprint density at radius 1 is 0.731 bits per heavy atom. The van der Waals surface area contributed by atoms with Crippen LogP contribution in [0.4, 0.5) is 17.5 Å². The van der Waals surface area contributed by atoms with Crippen molar-refractivity contribution in [1.29, 1.82) is 0 Å². The molecule has 0 radical (unpaired) electrons. The predicted molar refractivity (Wildman–Crippen MR) is 107 cm³/mol. The van der Waals surface area contributed by atoms with Crippen LogP contribution in [0.15, 0.2) is 36.4 Å². The quantitative estimate of drug-likeness (QED) is 0.840. The molecular formula is C20H28N6. The Labute approximate surface area is 156 Å². The molecule has 0 aliphatic carbocycles. The van der Waals surface area contributed by atoms with Crippen molar-refractivity contribution in [3.05, 3.63) is 42.1 Å². The number of para-hydroxylation sites is 1. The van der Waals surface area contributed by atoms with Crippen LogP contribution >= 0.6 is 0 Å². The van der Waals surface area contributed by atoms with Gasteiger partial charge in [-0.2, -0.15) is 4.98 Å². The lowest BCUT2D eigenvalue weighted by molar-refractivity contribution is 0.311. The lowest BCUT2D eigenvalue weighted by Crippen LogP contribution is -2.47. The summed E-state index contributed by atoms with van der Waals surface area (Å²) in [5.74, 6) is 1.96. The van der Waals surface area contributed by atoms with Gasteiger partial charge in [0.05, 0.1) is 0 Å². The monoisotopic (exact) mass is 352 g/mol. The second kappa shape index (κ2) is 7.50. The predicted octanol–water partition coefficient (Wildman–Crippen LogP) is 1.86. The second-order valence-electron chi connectivity index (χ2n) is 7.27. The largest absolute Gasteiger partial charge is 0.368 e. The normalized spacial score (nSPS) is 19.1. The molecule has 6 nitrogen and oxygen atoms in total. The van der Waals surface area contributed by atoms with Crippen molar-refractivity contribution < 1.29 is 0 Å². The summed E-state index contributed by atoms with van der Waals surface area (Å²) in [6, 6.07) is 12.8. The topological polar surface area (TPSA) is 38.7 Å². The fourth-order valence-electron chi connectivity index (χ4n) is 3.68.